The molecule has 1 aromatic carbocycles. The van der Waals surface area contributed by atoms with E-state index in [2.05, 4.69) is 44.3 Å². The SMILES string of the molecule is CC/C=C1C(\C)=C\C2=C(COC(=O)C2OC)C(=O)C(C)C(C)CC\1=C(/CNC(=O)CN)c1ccccc1C. The summed E-state index contributed by atoms with van der Waals surface area (Å²) in [5.41, 5.74) is 12.8. The molecule has 0 spiro atoms. The van der Waals surface area contributed by atoms with Crippen molar-refractivity contribution in [3.63, 3.8) is 0 Å². The Balaban J connectivity index is 2.36. The second-order valence-electron chi connectivity index (χ2n) is 10.1. The van der Waals surface area contributed by atoms with Crippen LogP contribution in [-0.2, 0) is 23.9 Å². The van der Waals surface area contributed by atoms with Gasteiger partial charge >= 0.3 is 5.97 Å². The third-order valence-electron chi connectivity index (χ3n) is 7.54. The molecule has 2 aliphatic rings. The van der Waals surface area contributed by atoms with Gasteiger partial charge in [0.2, 0.25) is 5.91 Å². The van der Waals surface area contributed by atoms with Crippen molar-refractivity contribution in [2.75, 3.05) is 26.8 Å². The number of carbonyl (C=O) groups is 3. The van der Waals surface area contributed by atoms with Crippen LogP contribution in [0.15, 0.2) is 64.3 Å². The quantitative estimate of drug-likeness (QED) is 0.544. The summed E-state index contributed by atoms with van der Waals surface area (Å²) in [6.45, 7) is 10.3. The van der Waals surface area contributed by atoms with Crippen molar-refractivity contribution in [1.82, 2.24) is 5.32 Å². The molecule has 0 radical (unpaired) electrons. The minimum Gasteiger partial charge on any atom is -0.458 e. The predicted molar refractivity (Wildman–Crippen MR) is 149 cm³/mol. The number of nitrogens with two attached hydrogens (primary N) is 1. The summed E-state index contributed by atoms with van der Waals surface area (Å²) in [5.74, 6) is -1.12. The average molecular weight is 521 g/mol. The van der Waals surface area contributed by atoms with Gasteiger partial charge in [-0.1, -0.05) is 57.2 Å². The number of Topliss-reactive ketones (excluding diaryl/α,β-unsaturated/α-hetero) is 1. The lowest BCUT2D eigenvalue weighted by Gasteiger charge is -2.31. The van der Waals surface area contributed by atoms with E-state index in [1.54, 1.807) is 0 Å². The fourth-order valence-corrected chi connectivity index (χ4v) is 5.19. The first-order valence-electron chi connectivity index (χ1n) is 13.2. The van der Waals surface area contributed by atoms with Crippen molar-refractivity contribution in [2.45, 2.75) is 53.6 Å². The highest BCUT2D eigenvalue weighted by Crippen LogP contribution is 2.39. The normalized spacial score (nSPS) is 26.3. The maximum Gasteiger partial charge on any atom is 0.340 e. The number of cyclic esters (lactones) is 1. The molecule has 0 aromatic heterocycles. The summed E-state index contributed by atoms with van der Waals surface area (Å²) in [6, 6.07) is 8.09. The van der Waals surface area contributed by atoms with E-state index in [0.717, 1.165) is 39.8 Å². The topological polar surface area (TPSA) is 108 Å². The molecule has 1 aliphatic heterocycles. The van der Waals surface area contributed by atoms with Crippen molar-refractivity contribution in [2.24, 2.45) is 17.6 Å². The molecule has 0 saturated heterocycles. The molecule has 0 fully saturated rings. The standard InChI is InChI=1S/C31H40N2O5/c1-7-10-22-20(4)14-25-27(17-38-31(36)30(25)37-6)29(35)21(5)19(3)13-24(22)26(16-33-28(34)15-32)23-12-9-8-11-18(23)2/h8-12,14,19,21,30H,7,13,15-17,32H2,1-6H3,(H,33,34)/b20-14+,22-10+,26-24-. The van der Waals surface area contributed by atoms with Gasteiger partial charge in [0.25, 0.3) is 0 Å². The van der Waals surface area contributed by atoms with Gasteiger partial charge in [0, 0.05) is 30.7 Å². The minimum absolute atomic E-state index is 0.0275. The van der Waals surface area contributed by atoms with Gasteiger partial charge in [0.05, 0.1) is 6.54 Å². The molecule has 0 saturated carbocycles. The van der Waals surface area contributed by atoms with Gasteiger partial charge in [-0.05, 0) is 66.0 Å². The Bertz CT molecular complexity index is 1220. The lowest BCUT2D eigenvalue weighted by molar-refractivity contribution is -0.154. The van der Waals surface area contributed by atoms with Crippen LogP contribution in [0.1, 0.15) is 51.7 Å². The van der Waals surface area contributed by atoms with Gasteiger partial charge in [-0.15, -0.1) is 0 Å². The first kappa shape index (κ1) is 29.3. The fraction of sp³-hybridized carbons (Fsp3) is 0.452. The number of carbonyl (C=O) groups excluding carboxylic acids is 3. The number of ether oxygens (including phenoxy) is 2. The predicted octanol–water partition coefficient (Wildman–Crippen LogP) is 4.22. The highest BCUT2D eigenvalue weighted by atomic mass is 16.6. The Morgan fingerprint density at radius 2 is 1.92 bits per heavy atom. The first-order chi connectivity index (χ1) is 18.1. The van der Waals surface area contributed by atoms with E-state index in [1.165, 1.54) is 7.11 Å². The van der Waals surface area contributed by atoms with Gasteiger partial charge in [0.15, 0.2) is 11.9 Å². The van der Waals surface area contributed by atoms with Gasteiger partial charge in [-0.3, -0.25) is 9.59 Å². The van der Waals surface area contributed by atoms with E-state index in [-0.39, 0.29) is 36.7 Å². The highest BCUT2D eigenvalue weighted by Gasteiger charge is 2.37. The molecule has 3 unspecified atom stereocenters. The minimum atomic E-state index is -0.963. The van der Waals surface area contributed by atoms with Gasteiger partial charge < -0.3 is 20.5 Å². The first-order valence-corrected chi connectivity index (χ1v) is 13.2. The summed E-state index contributed by atoms with van der Waals surface area (Å²) < 4.78 is 10.8. The number of ketones is 1. The molecule has 1 heterocycles. The monoisotopic (exact) mass is 520 g/mol. The molecule has 1 amide bonds. The van der Waals surface area contributed by atoms with E-state index in [9.17, 15) is 14.4 Å². The summed E-state index contributed by atoms with van der Waals surface area (Å²) >= 11 is 0. The number of hydrogen-bond donors (Lipinski definition) is 2. The van der Waals surface area contributed by atoms with Gasteiger partial charge in [-0.2, -0.15) is 0 Å². The Hall–Kier alpha value is -3.29. The van der Waals surface area contributed by atoms with E-state index >= 15 is 0 Å². The zero-order valence-corrected chi connectivity index (χ0v) is 23.4. The van der Waals surface area contributed by atoms with Crippen LogP contribution in [0.25, 0.3) is 5.57 Å². The molecule has 1 aliphatic carbocycles. The van der Waals surface area contributed by atoms with E-state index in [4.69, 9.17) is 15.2 Å². The molecular formula is C31H40N2O5. The van der Waals surface area contributed by atoms with Crippen molar-refractivity contribution in [3.05, 3.63) is 75.4 Å². The number of methoxy groups -OCH3 is 1. The molecular weight excluding hydrogens is 480 g/mol. The maximum absolute atomic E-state index is 13.7. The number of esters is 1. The fourth-order valence-electron chi connectivity index (χ4n) is 5.19. The summed E-state index contributed by atoms with van der Waals surface area (Å²) in [7, 11) is 1.45. The second-order valence-corrected chi connectivity index (χ2v) is 10.1. The van der Waals surface area contributed by atoms with Crippen LogP contribution < -0.4 is 11.1 Å². The molecule has 0 bridgehead atoms. The van der Waals surface area contributed by atoms with E-state index in [0.29, 0.717) is 24.1 Å². The van der Waals surface area contributed by atoms with Crippen LogP contribution in [-0.4, -0.2) is 50.6 Å². The van der Waals surface area contributed by atoms with Crippen molar-refractivity contribution < 1.29 is 23.9 Å². The summed E-state index contributed by atoms with van der Waals surface area (Å²) in [6.07, 6.45) is 4.52. The largest absolute Gasteiger partial charge is 0.458 e. The number of allylic oxidation sites excluding steroid dienone is 4. The third-order valence-corrected chi connectivity index (χ3v) is 7.54. The van der Waals surface area contributed by atoms with Crippen LogP contribution in [0.2, 0.25) is 0 Å². The number of nitrogens with one attached hydrogen (secondary N) is 1. The zero-order chi connectivity index (χ0) is 28.0. The molecule has 3 N–H and O–H groups in total. The van der Waals surface area contributed by atoms with Crippen LogP contribution in [0.5, 0.6) is 0 Å². The molecule has 7 heteroatoms. The molecule has 7 nitrogen and oxygen atoms in total. The Kier molecular flexibility index (Phi) is 10.00. The van der Waals surface area contributed by atoms with Crippen LogP contribution in [0.3, 0.4) is 0 Å². The van der Waals surface area contributed by atoms with Crippen molar-refractivity contribution in [3.8, 4) is 0 Å². The Morgan fingerprint density at radius 1 is 1.21 bits per heavy atom. The number of aryl methyl sites for hydroxylation is 1. The molecule has 204 valence electrons. The molecule has 3 rings (SSSR count). The molecule has 1 aromatic rings. The van der Waals surface area contributed by atoms with E-state index in [1.807, 2.05) is 32.1 Å². The number of benzene rings is 1. The Labute approximate surface area is 225 Å². The average Bonchev–Trinajstić information content (AvgIpc) is 2.90. The van der Waals surface area contributed by atoms with Crippen LogP contribution in [0, 0.1) is 18.8 Å². The smallest absolute Gasteiger partial charge is 0.340 e. The third kappa shape index (κ3) is 6.22. The van der Waals surface area contributed by atoms with Gasteiger partial charge in [0.1, 0.15) is 6.61 Å². The lowest BCUT2D eigenvalue weighted by atomic mass is 9.76. The lowest BCUT2D eigenvalue weighted by Crippen LogP contribution is -2.37. The molecule has 38 heavy (non-hydrogen) atoms. The maximum atomic E-state index is 13.7. The van der Waals surface area contributed by atoms with Crippen molar-refractivity contribution >= 4 is 23.2 Å². The summed E-state index contributed by atoms with van der Waals surface area (Å²) in [5, 5.41) is 2.97. The zero-order valence-electron chi connectivity index (χ0n) is 23.4. The Morgan fingerprint density at radius 3 is 2.55 bits per heavy atom. The van der Waals surface area contributed by atoms with Crippen molar-refractivity contribution in [1.29, 1.82) is 0 Å². The second kappa shape index (κ2) is 13.0. The number of rotatable bonds is 6. The highest BCUT2D eigenvalue weighted by molar-refractivity contribution is 6.01. The summed E-state index contributed by atoms with van der Waals surface area (Å²) in [4.78, 5) is 38.5. The van der Waals surface area contributed by atoms with E-state index < -0.39 is 12.1 Å². The van der Waals surface area contributed by atoms with Gasteiger partial charge in [-0.25, -0.2) is 4.79 Å². The number of hydrogen-bond acceptors (Lipinski definition) is 6. The van der Waals surface area contributed by atoms with Crippen LogP contribution in [0.4, 0.5) is 0 Å². The number of amides is 1. The molecule has 3 atom stereocenters. The van der Waals surface area contributed by atoms with Crippen LogP contribution >= 0.6 is 0 Å².